The third-order valence-electron chi connectivity index (χ3n) is 4.54. The second-order valence-electron chi connectivity index (χ2n) is 6.34. The maximum absolute atomic E-state index is 12.4. The van der Waals surface area contributed by atoms with Crippen LogP contribution in [0.2, 0.25) is 0 Å². The lowest BCUT2D eigenvalue weighted by molar-refractivity contribution is -0.139. The van der Waals surface area contributed by atoms with E-state index in [-0.39, 0.29) is 11.5 Å². The van der Waals surface area contributed by atoms with E-state index >= 15 is 0 Å². The molecule has 2 N–H and O–H groups in total. The van der Waals surface area contributed by atoms with Crippen molar-refractivity contribution in [1.82, 2.24) is 4.90 Å². The molecule has 0 aliphatic carbocycles. The fourth-order valence-electron chi connectivity index (χ4n) is 3.15. The summed E-state index contributed by atoms with van der Waals surface area (Å²) in [6.07, 6.45) is 7.10. The van der Waals surface area contributed by atoms with Crippen molar-refractivity contribution in [1.29, 1.82) is 0 Å². The molecule has 0 spiro atoms. The Morgan fingerprint density at radius 3 is 2.75 bits per heavy atom. The zero-order valence-corrected chi connectivity index (χ0v) is 13.5. The van der Waals surface area contributed by atoms with Gasteiger partial charge in [-0.15, -0.1) is 0 Å². The molecule has 1 rings (SSSR count). The van der Waals surface area contributed by atoms with E-state index in [0.717, 1.165) is 45.3 Å². The quantitative estimate of drug-likeness (QED) is 0.745. The van der Waals surface area contributed by atoms with Gasteiger partial charge < -0.3 is 15.4 Å². The van der Waals surface area contributed by atoms with Crippen molar-refractivity contribution in [2.24, 2.45) is 11.7 Å². The molecular formula is C16H32N2O2. The summed E-state index contributed by atoms with van der Waals surface area (Å²) in [5.74, 6) is 0.888. The third kappa shape index (κ3) is 5.41. The average molecular weight is 284 g/mol. The van der Waals surface area contributed by atoms with Gasteiger partial charge in [-0.2, -0.15) is 0 Å². The number of carbonyl (C=O) groups excluding carboxylic acids is 1. The first kappa shape index (κ1) is 17.4. The minimum atomic E-state index is -0.159. The summed E-state index contributed by atoms with van der Waals surface area (Å²) in [7, 11) is 1.74. The molecule has 118 valence electrons. The van der Waals surface area contributed by atoms with Crippen LogP contribution >= 0.6 is 0 Å². The Morgan fingerprint density at radius 1 is 1.40 bits per heavy atom. The van der Waals surface area contributed by atoms with Gasteiger partial charge in [0.15, 0.2) is 0 Å². The van der Waals surface area contributed by atoms with Crippen LogP contribution in [0, 0.1) is 5.92 Å². The zero-order valence-electron chi connectivity index (χ0n) is 13.5. The highest BCUT2D eigenvalue weighted by atomic mass is 16.5. The summed E-state index contributed by atoms with van der Waals surface area (Å²) in [4.78, 5) is 14.3. The fourth-order valence-corrected chi connectivity index (χ4v) is 3.15. The van der Waals surface area contributed by atoms with Gasteiger partial charge in [0.25, 0.3) is 0 Å². The number of piperidine rings is 1. The van der Waals surface area contributed by atoms with Crippen molar-refractivity contribution in [3.63, 3.8) is 0 Å². The molecule has 1 heterocycles. The Morgan fingerprint density at radius 2 is 2.15 bits per heavy atom. The number of hydrogen-bond donors (Lipinski definition) is 1. The largest absolute Gasteiger partial charge is 0.377 e. The summed E-state index contributed by atoms with van der Waals surface area (Å²) >= 11 is 0. The maximum atomic E-state index is 12.4. The van der Waals surface area contributed by atoms with E-state index in [4.69, 9.17) is 10.5 Å². The molecule has 2 unspecified atom stereocenters. The van der Waals surface area contributed by atoms with Crippen LogP contribution in [0.25, 0.3) is 0 Å². The van der Waals surface area contributed by atoms with Crippen LogP contribution in [0.15, 0.2) is 0 Å². The van der Waals surface area contributed by atoms with E-state index < -0.39 is 0 Å². The third-order valence-corrected chi connectivity index (χ3v) is 4.54. The van der Waals surface area contributed by atoms with Crippen molar-refractivity contribution < 1.29 is 9.53 Å². The Hall–Kier alpha value is -0.610. The molecule has 1 fully saturated rings. The first-order chi connectivity index (χ1) is 9.54. The molecule has 4 heteroatoms. The summed E-state index contributed by atoms with van der Waals surface area (Å²) in [5, 5.41) is 0. The molecule has 1 aliphatic heterocycles. The van der Waals surface area contributed by atoms with Gasteiger partial charge in [0, 0.05) is 26.6 Å². The van der Waals surface area contributed by atoms with Crippen molar-refractivity contribution >= 4 is 5.91 Å². The van der Waals surface area contributed by atoms with Crippen LogP contribution in [0.1, 0.15) is 58.8 Å². The minimum Gasteiger partial charge on any atom is -0.377 e. The molecule has 20 heavy (non-hydrogen) atoms. The molecule has 0 radical (unpaired) electrons. The van der Waals surface area contributed by atoms with Crippen molar-refractivity contribution in [2.75, 3.05) is 26.7 Å². The monoisotopic (exact) mass is 284 g/mol. The van der Waals surface area contributed by atoms with E-state index in [0.29, 0.717) is 12.3 Å². The van der Waals surface area contributed by atoms with Crippen LogP contribution in [0.3, 0.4) is 0 Å². The molecule has 1 amide bonds. The van der Waals surface area contributed by atoms with Crippen molar-refractivity contribution in [3.8, 4) is 0 Å². The van der Waals surface area contributed by atoms with E-state index in [1.54, 1.807) is 7.11 Å². The fraction of sp³-hybridized carbons (Fsp3) is 0.938. The summed E-state index contributed by atoms with van der Waals surface area (Å²) in [6, 6.07) is 0. The van der Waals surface area contributed by atoms with E-state index in [1.807, 2.05) is 4.90 Å². The number of rotatable bonds is 8. The number of likely N-dealkylation sites (tertiary alicyclic amines) is 1. The Bertz CT molecular complexity index is 290. The number of methoxy groups -OCH3 is 1. The first-order valence-corrected chi connectivity index (χ1v) is 8.07. The zero-order chi connectivity index (χ0) is 15.0. The molecule has 4 nitrogen and oxygen atoms in total. The molecular weight excluding hydrogens is 252 g/mol. The van der Waals surface area contributed by atoms with Crippen molar-refractivity contribution in [3.05, 3.63) is 0 Å². The van der Waals surface area contributed by atoms with Gasteiger partial charge in [0.2, 0.25) is 5.91 Å². The summed E-state index contributed by atoms with van der Waals surface area (Å²) < 4.78 is 5.55. The van der Waals surface area contributed by atoms with Gasteiger partial charge in [-0.25, -0.2) is 0 Å². The molecule has 0 aromatic carbocycles. The average Bonchev–Trinajstić information content (AvgIpc) is 2.45. The molecule has 0 aromatic heterocycles. The molecule has 0 aromatic rings. The van der Waals surface area contributed by atoms with Crippen LogP contribution in [-0.2, 0) is 9.53 Å². The Labute approximate surface area is 124 Å². The summed E-state index contributed by atoms with van der Waals surface area (Å²) in [5.41, 5.74) is 5.49. The topological polar surface area (TPSA) is 55.6 Å². The lowest BCUT2D eigenvalue weighted by atomic mass is 9.92. The van der Waals surface area contributed by atoms with E-state index in [2.05, 4.69) is 13.8 Å². The van der Waals surface area contributed by atoms with Gasteiger partial charge in [-0.3, -0.25) is 4.79 Å². The molecule has 1 aliphatic rings. The molecule has 2 atom stereocenters. The summed E-state index contributed by atoms with van der Waals surface area (Å²) in [6.45, 7) is 6.63. The van der Waals surface area contributed by atoms with Gasteiger partial charge in [-0.1, -0.05) is 19.8 Å². The number of nitrogens with zero attached hydrogens (tertiary/aromatic N) is 1. The van der Waals surface area contributed by atoms with Gasteiger partial charge in [0.1, 0.15) is 0 Å². The van der Waals surface area contributed by atoms with Gasteiger partial charge in [0.05, 0.1) is 5.60 Å². The van der Waals surface area contributed by atoms with Crippen molar-refractivity contribution in [2.45, 2.75) is 64.4 Å². The maximum Gasteiger partial charge on any atom is 0.222 e. The standard InChI is InChI=1S/C16H32N2O2/c1-4-6-14(9-11-17)7-8-15(19)18-12-5-10-16(2,13-18)20-3/h14H,4-13,17H2,1-3H3. The Kier molecular flexibility index (Phi) is 7.52. The van der Waals surface area contributed by atoms with Crippen LogP contribution < -0.4 is 5.73 Å². The highest BCUT2D eigenvalue weighted by molar-refractivity contribution is 5.76. The molecule has 0 bridgehead atoms. The molecule has 1 saturated heterocycles. The normalized spacial score (nSPS) is 24.7. The van der Waals surface area contributed by atoms with Gasteiger partial charge in [-0.05, 0) is 45.1 Å². The van der Waals surface area contributed by atoms with E-state index in [9.17, 15) is 4.79 Å². The van der Waals surface area contributed by atoms with Crippen LogP contribution in [0.4, 0.5) is 0 Å². The number of carbonyl (C=O) groups is 1. The second-order valence-corrected chi connectivity index (χ2v) is 6.34. The van der Waals surface area contributed by atoms with Crippen LogP contribution in [-0.4, -0.2) is 43.2 Å². The highest BCUT2D eigenvalue weighted by Crippen LogP contribution is 2.25. The number of ether oxygens (including phenoxy) is 1. The first-order valence-electron chi connectivity index (χ1n) is 8.07. The molecule has 0 saturated carbocycles. The number of hydrogen-bond acceptors (Lipinski definition) is 3. The van der Waals surface area contributed by atoms with Crippen LogP contribution in [0.5, 0.6) is 0 Å². The van der Waals surface area contributed by atoms with Gasteiger partial charge >= 0.3 is 0 Å². The lowest BCUT2D eigenvalue weighted by Gasteiger charge is -2.39. The highest BCUT2D eigenvalue weighted by Gasteiger charge is 2.32. The Balaban J connectivity index is 2.41. The minimum absolute atomic E-state index is 0.159. The predicted molar refractivity (Wildman–Crippen MR) is 82.5 cm³/mol. The number of amides is 1. The lowest BCUT2D eigenvalue weighted by Crippen LogP contribution is -2.49. The SMILES string of the molecule is CCCC(CCN)CCC(=O)N1CCCC(C)(OC)C1. The second kappa shape index (κ2) is 8.63. The smallest absolute Gasteiger partial charge is 0.222 e. The number of nitrogens with two attached hydrogens (primary N) is 1. The van der Waals surface area contributed by atoms with E-state index in [1.165, 1.54) is 12.8 Å². The predicted octanol–water partition coefficient (Wildman–Crippen LogP) is 2.56.